The van der Waals surface area contributed by atoms with Crippen LogP contribution >= 0.6 is 23.1 Å². The van der Waals surface area contributed by atoms with Crippen molar-refractivity contribution in [3.05, 3.63) is 34.5 Å². The minimum Gasteiger partial charge on any atom is -0.395 e. The van der Waals surface area contributed by atoms with Crippen LogP contribution in [0.2, 0.25) is 0 Å². The van der Waals surface area contributed by atoms with Gasteiger partial charge in [0.15, 0.2) is 0 Å². The predicted octanol–water partition coefficient (Wildman–Crippen LogP) is 3.19. The summed E-state index contributed by atoms with van der Waals surface area (Å²) in [6, 6.07) is 4.70. The SMILES string of the molecule is CSC(CO)C(C)NC(=O)c1sc2cccc(F)c2c1C. The van der Waals surface area contributed by atoms with Crippen LogP contribution < -0.4 is 5.32 Å². The summed E-state index contributed by atoms with van der Waals surface area (Å²) in [6.07, 6.45) is 1.89. The van der Waals surface area contributed by atoms with E-state index in [-0.39, 0.29) is 29.6 Å². The van der Waals surface area contributed by atoms with Gasteiger partial charge in [-0.25, -0.2) is 4.39 Å². The first-order valence-electron chi connectivity index (χ1n) is 6.61. The van der Waals surface area contributed by atoms with Crippen molar-refractivity contribution in [1.82, 2.24) is 5.32 Å². The maximum atomic E-state index is 13.9. The van der Waals surface area contributed by atoms with Gasteiger partial charge in [-0.15, -0.1) is 11.3 Å². The number of halogens is 1. The average Bonchev–Trinajstić information content (AvgIpc) is 2.79. The van der Waals surface area contributed by atoms with Crippen LogP contribution in [0.3, 0.4) is 0 Å². The molecule has 114 valence electrons. The number of nitrogens with one attached hydrogen (secondary N) is 1. The molecule has 0 fully saturated rings. The van der Waals surface area contributed by atoms with E-state index in [1.807, 2.05) is 19.2 Å². The Bertz CT molecular complexity index is 652. The molecule has 1 aromatic carbocycles. The Labute approximate surface area is 131 Å². The molecule has 0 radical (unpaired) electrons. The largest absolute Gasteiger partial charge is 0.395 e. The summed E-state index contributed by atoms with van der Waals surface area (Å²) in [5.41, 5.74) is 0.669. The summed E-state index contributed by atoms with van der Waals surface area (Å²) in [5, 5.41) is 12.6. The van der Waals surface area contributed by atoms with E-state index in [1.54, 1.807) is 13.0 Å². The number of amides is 1. The van der Waals surface area contributed by atoms with Gasteiger partial charge in [0.1, 0.15) is 5.82 Å². The molecule has 21 heavy (non-hydrogen) atoms. The van der Waals surface area contributed by atoms with Crippen molar-refractivity contribution in [3.8, 4) is 0 Å². The molecule has 2 rings (SSSR count). The number of carbonyl (C=O) groups excluding carboxylic acids is 1. The van der Waals surface area contributed by atoms with Crippen molar-refractivity contribution in [2.45, 2.75) is 25.1 Å². The quantitative estimate of drug-likeness (QED) is 0.887. The first kappa shape index (κ1) is 16.3. The Morgan fingerprint density at radius 1 is 1.52 bits per heavy atom. The summed E-state index contributed by atoms with van der Waals surface area (Å²) < 4.78 is 14.6. The zero-order valence-corrected chi connectivity index (χ0v) is 13.8. The molecule has 0 spiro atoms. The molecule has 1 amide bonds. The topological polar surface area (TPSA) is 49.3 Å². The highest BCUT2D eigenvalue weighted by atomic mass is 32.2. The van der Waals surface area contributed by atoms with Gasteiger partial charge in [-0.2, -0.15) is 11.8 Å². The number of hydrogen-bond acceptors (Lipinski definition) is 4. The van der Waals surface area contributed by atoms with Crippen molar-refractivity contribution < 1.29 is 14.3 Å². The third-order valence-electron chi connectivity index (χ3n) is 3.51. The van der Waals surface area contributed by atoms with Gasteiger partial charge in [-0.05, 0) is 37.8 Å². The van der Waals surface area contributed by atoms with Crippen LogP contribution in [-0.4, -0.2) is 35.2 Å². The van der Waals surface area contributed by atoms with E-state index in [2.05, 4.69) is 5.32 Å². The lowest BCUT2D eigenvalue weighted by atomic mass is 10.1. The highest BCUT2D eigenvalue weighted by molar-refractivity contribution is 7.99. The molecule has 0 saturated heterocycles. The van der Waals surface area contributed by atoms with Gasteiger partial charge in [0, 0.05) is 21.4 Å². The van der Waals surface area contributed by atoms with Gasteiger partial charge in [-0.3, -0.25) is 4.79 Å². The molecule has 0 aliphatic carbocycles. The molecule has 2 unspecified atom stereocenters. The number of hydrogen-bond donors (Lipinski definition) is 2. The van der Waals surface area contributed by atoms with Crippen molar-refractivity contribution in [1.29, 1.82) is 0 Å². The summed E-state index contributed by atoms with van der Waals surface area (Å²) in [7, 11) is 0. The third kappa shape index (κ3) is 3.22. The van der Waals surface area contributed by atoms with E-state index in [9.17, 15) is 14.3 Å². The lowest BCUT2D eigenvalue weighted by Crippen LogP contribution is -2.41. The Balaban J connectivity index is 2.28. The molecule has 2 N–H and O–H groups in total. The molecule has 3 nitrogen and oxygen atoms in total. The molecule has 0 saturated carbocycles. The number of aryl methyl sites for hydroxylation is 1. The minimum atomic E-state index is -0.300. The van der Waals surface area contributed by atoms with E-state index in [1.165, 1.54) is 29.2 Å². The number of thioether (sulfide) groups is 1. The third-order valence-corrected chi connectivity index (χ3v) is 5.93. The Morgan fingerprint density at radius 2 is 2.24 bits per heavy atom. The van der Waals surface area contributed by atoms with Gasteiger partial charge >= 0.3 is 0 Å². The van der Waals surface area contributed by atoms with E-state index < -0.39 is 0 Å². The van der Waals surface area contributed by atoms with E-state index in [4.69, 9.17) is 0 Å². The van der Waals surface area contributed by atoms with Crippen LogP contribution in [0.1, 0.15) is 22.2 Å². The maximum absolute atomic E-state index is 13.9. The first-order chi connectivity index (χ1) is 9.99. The number of fused-ring (bicyclic) bond motifs is 1. The van der Waals surface area contributed by atoms with Crippen molar-refractivity contribution in [2.75, 3.05) is 12.9 Å². The number of rotatable bonds is 5. The van der Waals surface area contributed by atoms with Gasteiger partial charge in [0.2, 0.25) is 0 Å². The molecule has 6 heteroatoms. The lowest BCUT2D eigenvalue weighted by molar-refractivity contribution is 0.0939. The normalized spacial score (nSPS) is 14.1. The van der Waals surface area contributed by atoms with E-state index in [0.717, 1.165) is 4.70 Å². The average molecular weight is 327 g/mol. The molecule has 1 aromatic heterocycles. The first-order valence-corrected chi connectivity index (χ1v) is 8.72. The van der Waals surface area contributed by atoms with Gasteiger partial charge in [-0.1, -0.05) is 6.07 Å². The highest BCUT2D eigenvalue weighted by Gasteiger charge is 2.22. The van der Waals surface area contributed by atoms with Crippen LogP contribution in [0.25, 0.3) is 10.1 Å². The summed E-state index contributed by atoms with van der Waals surface area (Å²) in [6.45, 7) is 3.63. The van der Waals surface area contributed by atoms with Crippen molar-refractivity contribution in [2.24, 2.45) is 0 Å². The molecule has 0 aliphatic heterocycles. The lowest BCUT2D eigenvalue weighted by Gasteiger charge is -2.21. The molecular formula is C15H18FNO2S2. The Morgan fingerprint density at radius 3 is 2.81 bits per heavy atom. The monoisotopic (exact) mass is 327 g/mol. The van der Waals surface area contributed by atoms with E-state index in [0.29, 0.717) is 15.8 Å². The van der Waals surface area contributed by atoms with Crippen LogP contribution in [0.5, 0.6) is 0 Å². The molecule has 2 atom stereocenters. The van der Waals surface area contributed by atoms with Crippen LogP contribution in [0, 0.1) is 12.7 Å². The molecule has 2 aromatic rings. The van der Waals surface area contributed by atoms with E-state index >= 15 is 0 Å². The van der Waals surface area contributed by atoms with Gasteiger partial charge in [0.25, 0.3) is 5.91 Å². The second kappa shape index (κ2) is 6.77. The number of aliphatic hydroxyl groups is 1. The molecule has 0 aliphatic rings. The zero-order valence-electron chi connectivity index (χ0n) is 12.1. The number of benzene rings is 1. The standard InChI is InChI=1S/C15H18FNO2S2/c1-8-13-10(16)5-4-6-11(13)21-14(8)15(19)17-9(2)12(7-18)20-3/h4-6,9,12,18H,7H2,1-3H3,(H,17,19). The number of thiophene rings is 1. The maximum Gasteiger partial charge on any atom is 0.261 e. The second-order valence-electron chi connectivity index (χ2n) is 4.89. The number of aliphatic hydroxyl groups excluding tert-OH is 1. The summed E-state index contributed by atoms with van der Waals surface area (Å²) in [4.78, 5) is 12.9. The van der Waals surface area contributed by atoms with Crippen LogP contribution in [0.15, 0.2) is 18.2 Å². The highest BCUT2D eigenvalue weighted by Crippen LogP contribution is 2.32. The van der Waals surface area contributed by atoms with Crippen LogP contribution in [-0.2, 0) is 0 Å². The summed E-state index contributed by atoms with van der Waals surface area (Å²) in [5.74, 6) is -0.515. The Hall–Kier alpha value is -1.11. The smallest absolute Gasteiger partial charge is 0.261 e. The minimum absolute atomic E-state index is 0.00262. The van der Waals surface area contributed by atoms with Crippen molar-refractivity contribution >= 4 is 39.1 Å². The predicted molar refractivity (Wildman–Crippen MR) is 87.8 cm³/mol. The van der Waals surface area contributed by atoms with Crippen LogP contribution in [0.4, 0.5) is 4.39 Å². The number of carbonyl (C=O) groups is 1. The Kier molecular flexibility index (Phi) is 5.24. The second-order valence-corrected chi connectivity index (χ2v) is 7.02. The fraction of sp³-hybridized carbons (Fsp3) is 0.400. The fourth-order valence-corrected chi connectivity index (χ4v) is 4.02. The van der Waals surface area contributed by atoms with Gasteiger partial charge < -0.3 is 10.4 Å². The molecule has 1 heterocycles. The van der Waals surface area contributed by atoms with Crippen molar-refractivity contribution in [3.63, 3.8) is 0 Å². The molecule has 0 bridgehead atoms. The fourth-order valence-electron chi connectivity index (χ4n) is 2.27. The molecular weight excluding hydrogens is 309 g/mol. The zero-order chi connectivity index (χ0) is 15.6. The summed E-state index contributed by atoms with van der Waals surface area (Å²) >= 11 is 2.80. The van der Waals surface area contributed by atoms with Gasteiger partial charge in [0.05, 0.1) is 11.5 Å².